The molecule has 1 aromatic rings. The normalized spacial score (nSPS) is 11.2. The van der Waals surface area contributed by atoms with E-state index in [4.69, 9.17) is 0 Å². The Kier molecular flexibility index (Phi) is 3.28. The fraction of sp³-hybridized carbons (Fsp3) is 0.333. The fourth-order valence-electron chi connectivity index (χ4n) is 0.913. The van der Waals surface area contributed by atoms with Crippen molar-refractivity contribution in [1.82, 2.24) is 4.98 Å². The maximum Gasteiger partial charge on any atom is 0.433 e. The van der Waals surface area contributed by atoms with E-state index < -0.39 is 11.9 Å². The maximum absolute atomic E-state index is 12.2. The summed E-state index contributed by atoms with van der Waals surface area (Å²) in [5, 5.41) is 2.33. The molecule has 0 bridgehead atoms. The Balaban J connectivity index is 2.88. The number of aromatic nitrogens is 1. The number of hydrogen-bond donors (Lipinski definition) is 1. The molecule has 0 aliphatic carbocycles. The average Bonchev–Trinajstić information content (AvgIpc) is 2.17. The summed E-state index contributed by atoms with van der Waals surface area (Å²) >= 11 is 0. The third-order valence-corrected chi connectivity index (χ3v) is 1.66. The van der Waals surface area contributed by atoms with Gasteiger partial charge in [-0.05, 0) is 12.1 Å². The third-order valence-electron chi connectivity index (χ3n) is 1.66. The van der Waals surface area contributed by atoms with Gasteiger partial charge in [-0.3, -0.25) is 9.78 Å². The van der Waals surface area contributed by atoms with Gasteiger partial charge in [-0.1, -0.05) is 6.92 Å². The molecule has 3 nitrogen and oxygen atoms in total. The van der Waals surface area contributed by atoms with Crippen molar-refractivity contribution >= 4 is 11.6 Å². The Morgan fingerprint density at radius 2 is 2.20 bits per heavy atom. The number of anilines is 1. The highest BCUT2D eigenvalue weighted by Gasteiger charge is 2.32. The van der Waals surface area contributed by atoms with Gasteiger partial charge in [0, 0.05) is 18.3 Å². The van der Waals surface area contributed by atoms with E-state index in [1.807, 2.05) is 0 Å². The standard InChI is InChI=1S/C9H9F3N2O/c1-2-8(15)14-6-3-4-13-7(5-6)9(10,11)12/h3-5H,2H2,1H3,(H,13,14,15). The van der Waals surface area contributed by atoms with Gasteiger partial charge in [0.15, 0.2) is 0 Å². The Hall–Kier alpha value is -1.59. The molecule has 0 aliphatic heterocycles. The lowest BCUT2D eigenvalue weighted by Gasteiger charge is -2.08. The molecule has 82 valence electrons. The molecule has 0 radical (unpaired) electrons. The van der Waals surface area contributed by atoms with Gasteiger partial charge in [0.25, 0.3) is 0 Å². The van der Waals surface area contributed by atoms with Crippen molar-refractivity contribution in [3.63, 3.8) is 0 Å². The van der Waals surface area contributed by atoms with Crippen LogP contribution >= 0.6 is 0 Å². The zero-order valence-corrected chi connectivity index (χ0v) is 7.93. The van der Waals surface area contributed by atoms with E-state index in [1.165, 1.54) is 6.07 Å². The molecule has 0 aliphatic rings. The largest absolute Gasteiger partial charge is 0.433 e. The summed E-state index contributed by atoms with van der Waals surface area (Å²) < 4.78 is 36.6. The molecule has 0 atom stereocenters. The number of carbonyl (C=O) groups is 1. The molecule has 1 N–H and O–H groups in total. The Labute approximate surface area is 84.3 Å². The number of nitrogens with one attached hydrogen (secondary N) is 1. The summed E-state index contributed by atoms with van der Waals surface area (Å²) in [5.41, 5.74) is -0.916. The van der Waals surface area contributed by atoms with Gasteiger partial charge in [-0.25, -0.2) is 0 Å². The lowest BCUT2D eigenvalue weighted by Crippen LogP contribution is -2.12. The number of pyridine rings is 1. The zero-order chi connectivity index (χ0) is 11.5. The van der Waals surface area contributed by atoms with Gasteiger partial charge >= 0.3 is 6.18 Å². The molecule has 1 amide bonds. The molecular weight excluding hydrogens is 209 g/mol. The van der Waals surface area contributed by atoms with E-state index in [1.54, 1.807) is 6.92 Å². The van der Waals surface area contributed by atoms with E-state index in [0.717, 1.165) is 12.3 Å². The van der Waals surface area contributed by atoms with Crippen LogP contribution < -0.4 is 5.32 Å². The van der Waals surface area contributed by atoms with Gasteiger partial charge < -0.3 is 5.32 Å². The van der Waals surface area contributed by atoms with Gasteiger partial charge in [-0.15, -0.1) is 0 Å². The number of carbonyl (C=O) groups excluding carboxylic acids is 1. The van der Waals surface area contributed by atoms with Crippen LogP contribution in [0.3, 0.4) is 0 Å². The fourth-order valence-corrected chi connectivity index (χ4v) is 0.913. The highest BCUT2D eigenvalue weighted by atomic mass is 19.4. The first kappa shape index (κ1) is 11.5. The van der Waals surface area contributed by atoms with E-state index >= 15 is 0 Å². The SMILES string of the molecule is CCC(=O)Nc1ccnc(C(F)(F)F)c1. The molecule has 15 heavy (non-hydrogen) atoms. The topological polar surface area (TPSA) is 42.0 Å². The highest BCUT2D eigenvalue weighted by Crippen LogP contribution is 2.28. The Morgan fingerprint density at radius 1 is 1.53 bits per heavy atom. The molecule has 1 aromatic heterocycles. The molecule has 0 aromatic carbocycles. The second kappa shape index (κ2) is 4.29. The van der Waals surface area contributed by atoms with Crippen LogP contribution in [-0.2, 0) is 11.0 Å². The summed E-state index contributed by atoms with van der Waals surface area (Å²) in [6.07, 6.45) is -3.27. The minimum Gasteiger partial charge on any atom is -0.326 e. The number of alkyl halides is 3. The molecule has 0 spiro atoms. The Morgan fingerprint density at radius 3 is 2.73 bits per heavy atom. The quantitative estimate of drug-likeness (QED) is 0.828. The van der Waals surface area contributed by atoms with Crippen molar-refractivity contribution in [1.29, 1.82) is 0 Å². The van der Waals surface area contributed by atoms with Gasteiger partial charge in [0.2, 0.25) is 5.91 Å². The minimum absolute atomic E-state index is 0.101. The number of amides is 1. The van der Waals surface area contributed by atoms with Crippen LogP contribution in [0.1, 0.15) is 19.0 Å². The van der Waals surface area contributed by atoms with Gasteiger partial charge in [0.05, 0.1) is 0 Å². The third kappa shape index (κ3) is 3.23. The van der Waals surface area contributed by atoms with Crippen molar-refractivity contribution in [2.45, 2.75) is 19.5 Å². The number of halogens is 3. The first-order valence-electron chi connectivity index (χ1n) is 4.26. The van der Waals surface area contributed by atoms with Crippen LogP contribution in [0.5, 0.6) is 0 Å². The summed E-state index contributed by atoms with van der Waals surface area (Å²) in [6, 6.07) is 2.11. The van der Waals surface area contributed by atoms with E-state index in [-0.39, 0.29) is 18.0 Å². The van der Waals surface area contributed by atoms with Crippen molar-refractivity contribution in [3.8, 4) is 0 Å². The van der Waals surface area contributed by atoms with Crippen molar-refractivity contribution in [2.75, 3.05) is 5.32 Å². The van der Waals surface area contributed by atoms with Crippen LogP contribution in [0.4, 0.5) is 18.9 Å². The number of hydrogen-bond acceptors (Lipinski definition) is 2. The minimum atomic E-state index is -4.49. The average molecular weight is 218 g/mol. The van der Waals surface area contributed by atoms with Crippen LogP contribution in [-0.4, -0.2) is 10.9 Å². The predicted octanol–water partition coefficient (Wildman–Crippen LogP) is 2.45. The van der Waals surface area contributed by atoms with Gasteiger partial charge in [0.1, 0.15) is 5.69 Å². The van der Waals surface area contributed by atoms with E-state index in [9.17, 15) is 18.0 Å². The van der Waals surface area contributed by atoms with Crippen LogP contribution in [0, 0.1) is 0 Å². The smallest absolute Gasteiger partial charge is 0.326 e. The first-order chi connectivity index (χ1) is 6.93. The molecule has 0 fully saturated rings. The Bertz CT molecular complexity index is 363. The highest BCUT2D eigenvalue weighted by molar-refractivity contribution is 5.90. The predicted molar refractivity (Wildman–Crippen MR) is 48.2 cm³/mol. The molecule has 0 saturated carbocycles. The maximum atomic E-state index is 12.2. The molecule has 1 heterocycles. The second-order valence-electron chi connectivity index (χ2n) is 2.83. The van der Waals surface area contributed by atoms with Crippen molar-refractivity contribution < 1.29 is 18.0 Å². The summed E-state index contributed by atoms with van der Waals surface area (Å²) in [5.74, 6) is -0.339. The number of nitrogens with zero attached hydrogens (tertiary/aromatic N) is 1. The van der Waals surface area contributed by atoms with Gasteiger partial charge in [-0.2, -0.15) is 13.2 Å². The van der Waals surface area contributed by atoms with Crippen LogP contribution in [0.2, 0.25) is 0 Å². The number of rotatable bonds is 2. The van der Waals surface area contributed by atoms with E-state index in [2.05, 4.69) is 10.3 Å². The molecule has 6 heteroatoms. The monoisotopic (exact) mass is 218 g/mol. The lowest BCUT2D eigenvalue weighted by atomic mass is 10.3. The van der Waals surface area contributed by atoms with Crippen LogP contribution in [0.15, 0.2) is 18.3 Å². The van der Waals surface area contributed by atoms with Crippen LogP contribution in [0.25, 0.3) is 0 Å². The lowest BCUT2D eigenvalue weighted by molar-refractivity contribution is -0.141. The molecule has 0 unspecified atom stereocenters. The summed E-state index contributed by atoms with van der Waals surface area (Å²) in [6.45, 7) is 1.61. The van der Waals surface area contributed by atoms with Crippen molar-refractivity contribution in [3.05, 3.63) is 24.0 Å². The van der Waals surface area contributed by atoms with E-state index in [0.29, 0.717) is 0 Å². The molecule has 0 saturated heterocycles. The summed E-state index contributed by atoms with van der Waals surface area (Å²) in [7, 11) is 0. The summed E-state index contributed by atoms with van der Waals surface area (Å²) in [4.78, 5) is 14.1. The first-order valence-corrected chi connectivity index (χ1v) is 4.26. The zero-order valence-electron chi connectivity index (χ0n) is 7.93. The molecular formula is C9H9F3N2O. The molecule has 1 rings (SSSR count). The van der Waals surface area contributed by atoms with Crippen molar-refractivity contribution in [2.24, 2.45) is 0 Å². The second-order valence-corrected chi connectivity index (χ2v) is 2.83.